The van der Waals surface area contributed by atoms with Crippen LogP contribution in [0.1, 0.15) is 30.7 Å². The highest BCUT2D eigenvalue weighted by Crippen LogP contribution is 2.46. The summed E-state index contributed by atoms with van der Waals surface area (Å²) in [4.78, 5) is 29.0. The van der Waals surface area contributed by atoms with E-state index in [1.54, 1.807) is 0 Å². The molecule has 0 aliphatic heterocycles. The molecule has 0 aliphatic rings. The minimum atomic E-state index is -5.52. The number of hydrogen-bond donors (Lipinski definition) is 0. The third-order valence-corrected chi connectivity index (χ3v) is 5.62. The highest BCUT2D eigenvalue weighted by molar-refractivity contribution is 6.34. The third kappa shape index (κ3) is 7.01. The first kappa shape index (κ1) is 33.2. The van der Waals surface area contributed by atoms with E-state index in [1.165, 1.54) is 13.8 Å². The quantitative estimate of drug-likeness (QED) is 0.131. The summed E-state index contributed by atoms with van der Waals surface area (Å²) in [7, 11) is 0. The van der Waals surface area contributed by atoms with Crippen molar-refractivity contribution in [2.75, 3.05) is 18.1 Å². The molecule has 18 heteroatoms. The average Bonchev–Trinajstić information content (AvgIpc) is 2.81. The number of nitrogens with zero attached hydrogens (tertiary/aromatic N) is 3. The van der Waals surface area contributed by atoms with Gasteiger partial charge in [-0.25, -0.2) is 9.78 Å². The van der Waals surface area contributed by atoms with Crippen LogP contribution in [0.5, 0.6) is 0 Å². The Hall–Kier alpha value is -2.98. The first-order valence-corrected chi connectivity index (χ1v) is 11.6. The molecule has 0 radical (unpaired) electrons. The normalized spacial score (nSPS) is 13.2. The summed E-state index contributed by atoms with van der Waals surface area (Å²) in [6.45, 7) is 4.23. The number of allylic oxidation sites excluding steroid dienone is 1. The molecule has 1 heterocycles. The smallest absolute Gasteiger partial charge is 0.435 e. The van der Waals surface area contributed by atoms with E-state index in [0.717, 1.165) is 6.08 Å². The van der Waals surface area contributed by atoms with Gasteiger partial charge in [0, 0.05) is 13.2 Å². The molecule has 0 aliphatic carbocycles. The second-order valence-electron chi connectivity index (χ2n) is 7.56. The number of ether oxygens (including phenoxy) is 2. The van der Waals surface area contributed by atoms with Crippen molar-refractivity contribution >= 4 is 40.8 Å². The summed E-state index contributed by atoms with van der Waals surface area (Å²) in [5.74, 6) is -2.78. The molecule has 0 fully saturated rings. The molecule has 0 bridgehead atoms. The van der Waals surface area contributed by atoms with Gasteiger partial charge in [0.25, 0.3) is 5.56 Å². The number of aromatic nitrogens is 2. The Balaban J connectivity index is 3.25. The molecule has 0 N–H and O–H groups in total. The average molecular weight is 630 g/mol. The van der Waals surface area contributed by atoms with Crippen molar-refractivity contribution in [2.45, 2.75) is 45.1 Å². The van der Waals surface area contributed by atoms with Gasteiger partial charge in [0.05, 0.1) is 28.4 Å². The van der Waals surface area contributed by atoms with Crippen LogP contribution in [0.3, 0.4) is 0 Å². The van der Waals surface area contributed by atoms with Gasteiger partial charge < -0.3 is 9.47 Å². The number of halogens is 11. The second kappa shape index (κ2) is 12.3. The van der Waals surface area contributed by atoms with Crippen LogP contribution >= 0.6 is 23.2 Å². The molecule has 1 aromatic heterocycles. The van der Waals surface area contributed by atoms with Crippen LogP contribution in [0.15, 0.2) is 29.6 Å². The number of esters is 1. The van der Waals surface area contributed by atoms with E-state index in [1.807, 2.05) is 0 Å². The van der Waals surface area contributed by atoms with Crippen molar-refractivity contribution in [1.82, 2.24) is 9.55 Å². The topological polar surface area (TPSA) is 73.7 Å². The lowest BCUT2D eigenvalue weighted by Gasteiger charge is -2.34. The first-order chi connectivity index (χ1) is 18.3. The lowest BCUT2D eigenvalue weighted by Crippen LogP contribution is -2.45. The zero-order chi connectivity index (χ0) is 30.8. The number of hydrogen-bond acceptors (Lipinski definition) is 6. The molecule has 40 heavy (non-hydrogen) atoms. The van der Waals surface area contributed by atoms with Crippen molar-refractivity contribution in [3.63, 3.8) is 0 Å². The molecule has 0 saturated carbocycles. The maximum Gasteiger partial charge on any atom is 0.435 e. The minimum absolute atomic E-state index is 0.0229. The van der Waals surface area contributed by atoms with Gasteiger partial charge in [0.15, 0.2) is 5.69 Å². The van der Waals surface area contributed by atoms with Crippen molar-refractivity contribution in [3.05, 3.63) is 62.0 Å². The number of alkyl halides is 9. The van der Waals surface area contributed by atoms with E-state index in [0.29, 0.717) is 4.57 Å². The summed E-state index contributed by atoms with van der Waals surface area (Å²) in [5.41, 5.74) is -9.04. The Morgan fingerprint density at radius 2 is 1.62 bits per heavy atom. The maximum absolute atomic E-state index is 13.8. The largest absolute Gasteiger partial charge is 0.463 e. The number of carbonyl (C=O) groups excluding carboxylic acids is 1. The highest BCUT2D eigenvalue weighted by atomic mass is 35.5. The Kier molecular flexibility index (Phi) is 10.2. The van der Waals surface area contributed by atoms with E-state index in [9.17, 15) is 49.1 Å². The predicted molar refractivity (Wildman–Crippen MR) is 124 cm³/mol. The zero-order valence-corrected chi connectivity index (χ0v) is 21.8. The van der Waals surface area contributed by atoms with Crippen LogP contribution in [0, 0.1) is 0 Å². The van der Waals surface area contributed by atoms with Crippen LogP contribution in [-0.2, 0) is 39.3 Å². The van der Waals surface area contributed by atoms with Crippen LogP contribution in [0.4, 0.5) is 51.1 Å². The molecule has 0 saturated heterocycles. The third-order valence-electron chi connectivity index (χ3n) is 4.88. The number of benzene rings is 1. The van der Waals surface area contributed by atoms with Crippen molar-refractivity contribution < 1.29 is 53.8 Å². The molecule has 0 amide bonds. The van der Waals surface area contributed by atoms with E-state index >= 15 is 0 Å². The molecular formula is C22H18Cl2F9N3O4. The van der Waals surface area contributed by atoms with Crippen LogP contribution in [0.25, 0.3) is 0 Å². The van der Waals surface area contributed by atoms with Gasteiger partial charge in [-0.1, -0.05) is 29.3 Å². The molecule has 0 spiro atoms. The first-order valence-electron chi connectivity index (χ1n) is 10.8. The van der Waals surface area contributed by atoms with Gasteiger partial charge in [-0.3, -0.25) is 14.3 Å². The molecule has 2 rings (SSSR count). The molecular weight excluding hydrogens is 612 g/mol. The predicted octanol–water partition coefficient (Wildman–Crippen LogP) is 6.86. The van der Waals surface area contributed by atoms with Crippen LogP contribution in [-0.4, -0.2) is 35.0 Å². The van der Waals surface area contributed by atoms with Gasteiger partial charge in [-0.15, -0.1) is 6.58 Å². The fourth-order valence-corrected chi connectivity index (χ4v) is 3.86. The zero-order valence-electron chi connectivity index (χ0n) is 20.3. The second-order valence-corrected chi connectivity index (χ2v) is 8.31. The van der Waals surface area contributed by atoms with Crippen LogP contribution < -0.4 is 10.5 Å². The maximum atomic E-state index is 13.8. The van der Waals surface area contributed by atoms with E-state index in [2.05, 4.69) is 11.6 Å². The lowest BCUT2D eigenvalue weighted by atomic mass is 10.1. The molecule has 2 aromatic rings. The van der Waals surface area contributed by atoms with Gasteiger partial charge in [-0.2, -0.15) is 39.5 Å². The Morgan fingerprint density at radius 1 is 1.02 bits per heavy atom. The van der Waals surface area contributed by atoms with E-state index < -0.39 is 94.5 Å². The van der Waals surface area contributed by atoms with Gasteiger partial charge in [0.1, 0.15) is 5.02 Å². The number of carbonyl (C=O) groups is 1. The molecule has 1 unspecified atom stereocenters. The molecule has 222 valence electrons. The monoisotopic (exact) mass is 629 g/mol. The van der Waals surface area contributed by atoms with E-state index in [4.69, 9.17) is 32.7 Å². The van der Waals surface area contributed by atoms with E-state index in [-0.39, 0.29) is 17.0 Å². The number of rotatable bonds is 9. The minimum Gasteiger partial charge on any atom is -0.463 e. The van der Waals surface area contributed by atoms with Gasteiger partial charge in [0.2, 0.25) is 12.2 Å². The van der Waals surface area contributed by atoms with Crippen molar-refractivity contribution in [3.8, 4) is 0 Å². The summed E-state index contributed by atoms with van der Waals surface area (Å²) in [6.07, 6.45) is -17.9. The highest BCUT2D eigenvalue weighted by Gasteiger charge is 2.44. The van der Waals surface area contributed by atoms with Crippen molar-refractivity contribution in [1.29, 1.82) is 0 Å². The summed E-state index contributed by atoms with van der Waals surface area (Å²) < 4.78 is 134. The standard InChI is InChI=1S/C22H18Cl2F9N3O4/c1-4-7-35-16(37)14(24)15(22(31,32)33)34-19(35)36(17(39-5-2)18(38)40-6-3)12-9-10(20(25,26)27)8-11(13(12)23)21(28,29)30/h4,8-9,17H,1,5-7H2,2-3H3. The SMILES string of the molecule is C=CCn1c(N(c2cc(C(F)(F)F)cc(C(F)(F)F)c2Cl)C(OCC)C(=O)OCC)nc(C(F)(F)F)c(Cl)c1=O. The van der Waals surface area contributed by atoms with Crippen LogP contribution in [0.2, 0.25) is 10.0 Å². The fraction of sp³-hybridized carbons (Fsp3) is 0.409. The Bertz CT molecular complexity index is 1330. The van der Waals surface area contributed by atoms with Gasteiger partial charge >= 0.3 is 24.5 Å². The Labute approximate surface area is 229 Å². The summed E-state index contributed by atoms with van der Waals surface area (Å²) in [6, 6.07) is -0.313. The molecule has 1 aromatic carbocycles. The summed E-state index contributed by atoms with van der Waals surface area (Å²) >= 11 is 11.5. The van der Waals surface area contributed by atoms with Crippen molar-refractivity contribution in [2.24, 2.45) is 0 Å². The molecule has 7 nitrogen and oxygen atoms in total. The fourth-order valence-electron chi connectivity index (χ4n) is 3.30. The number of anilines is 2. The lowest BCUT2D eigenvalue weighted by molar-refractivity contribution is -0.155. The Morgan fingerprint density at radius 3 is 2.08 bits per heavy atom. The summed E-state index contributed by atoms with van der Waals surface area (Å²) in [5, 5.41) is -2.97. The van der Waals surface area contributed by atoms with Gasteiger partial charge in [-0.05, 0) is 26.0 Å². The molecule has 1 atom stereocenters.